The van der Waals surface area contributed by atoms with Crippen molar-refractivity contribution < 1.29 is 9.53 Å². The molecule has 0 unspecified atom stereocenters. The highest BCUT2D eigenvalue weighted by atomic mass is 16.5. The van der Waals surface area contributed by atoms with Gasteiger partial charge in [0.15, 0.2) is 0 Å². The van der Waals surface area contributed by atoms with Gasteiger partial charge in [-0.2, -0.15) is 5.26 Å². The van der Waals surface area contributed by atoms with Crippen molar-refractivity contribution in [3.63, 3.8) is 0 Å². The molecule has 0 aliphatic rings. The lowest BCUT2D eigenvalue weighted by atomic mass is 10.0. The van der Waals surface area contributed by atoms with Crippen molar-refractivity contribution in [3.8, 4) is 6.07 Å². The van der Waals surface area contributed by atoms with E-state index in [0.29, 0.717) is 6.54 Å². The number of carbonyl (C=O) groups excluding carboxylic acids is 1. The second-order valence-electron chi connectivity index (χ2n) is 4.29. The molecule has 1 aromatic carbocycles. The molecule has 0 spiro atoms. The van der Waals surface area contributed by atoms with Crippen molar-refractivity contribution in [1.82, 2.24) is 5.32 Å². The molecule has 96 valence electrons. The predicted molar refractivity (Wildman–Crippen MR) is 69.1 cm³/mol. The topological polar surface area (TPSA) is 62.1 Å². The van der Waals surface area contributed by atoms with Gasteiger partial charge in [0.05, 0.1) is 12.5 Å². The Labute approximate surface area is 108 Å². The van der Waals surface area contributed by atoms with Crippen LogP contribution < -0.4 is 5.32 Å². The number of nitrogens with one attached hydrogen (secondary N) is 1. The average molecular weight is 246 g/mol. The quantitative estimate of drug-likeness (QED) is 0.831. The van der Waals surface area contributed by atoms with Gasteiger partial charge in [-0.15, -0.1) is 0 Å². The molecule has 1 rings (SSSR count). The van der Waals surface area contributed by atoms with Gasteiger partial charge in [0.2, 0.25) is 0 Å². The van der Waals surface area contributed by atoms with Gasteiger partial charge < -0.3 is 10.1 Å². The molecule has 1 N–H and O–H groups in total. The van der Waals surface area contributed by atoms with Crippen molar-refractivity contribution >= 4 is 6.09 Å². The fraction of sp³-hybridized carbons (Fsp3) is 0.429. The van der Waals surface area contributed by atoms with E-state index in [1.807, 2.05) is 26.8 Å². The number of alkyl carbamates (subject to hydrolysis) is 1. The maximum absolute atomic E-state index is 11.3. The van der Waals surface area contributed by atoms with E-state index < -0.39 is 6.09 Å². The molecule has 0 radical (unpaired) electrons. The minimum Gasteiger partial charge on any atom is -0.445 e. The standard InChI is InChI=1S/C14H18N2O2/c1-10-7-11(2)13(12(3)8-10)9-18-14(17)16-6-4-5-15/h7-8H,4,6,9H2,1-3H3,(H,16,17). The zero-order valence-electron chi connectivity index (χ0n) is 11.0. The first-order chi connectivity index (χ1) is 8.54. The highest BCUT2D eigenvalue weighted by Gasteiger charge is 2.07. The van der Waals surface area contributed by atoms with Crippen molar-refractivity contribution in [2.24, 2.45) is 0 Å². The first-order valence-corrected chi connectivity index (χ1v) is 5.89. The summed E-state index contributed by atoms with van der Waals surface area (Å²) in [6.07, 6.45) is -0.192. The lowest BCUT2D eigenvalue weighted by Crippen LogP contribution is -2.25. The molecule has 0 aromatic heterocycles. The zero-order valence-corrected chi connectivity index (χ0v) is 11.0. The summed E-state index contributed by atoms with van der Waals surface area (Å²) >= 11 is 0. The number of hydrogen-bond donors (Lipinski definition) is 1. The summed E-state index contributed by atoms with van der Waals surface area (Å²) in [4.78, 5) is 11.3. The highest BCUT2D eigenvalue weighted by Crippen LogP contribution is 2.17. The molecule has 0 saturated heterocycles. The van der Waals surface area contributed by atoms with Crippen LogP contribution in [0.4, 0.5) is 4.79 Å². The molecule has 0 bridgehead atoms. The number of rotatable bonds is 4. The van der Waals surface area contributed by atoms with E-state index in [4.69, 9.17) is 10.00 Å². The van der Waals surface area contributed by atoms with E-state index in [2.05, 4.69) is 17.4 Å². The number of nitriles is 1. The predicted octanol–water partition coefficient (Wildman–Crippen LogP) is 2.75. The van der Waals surface area contributed by atoms with Crippen LogP contribution in [-0.4, -0.2) is 12.6 Å². The van der Waals surface area contributed by atoms with Gasteiger partial charge in [-0.1, -0.05) is 17.7 Å². The molecule has 0 aliphatic heterocycles. The van der Waals surface area contributed by atoms with Gasteiger partial charge in [0.1, 0.15) is 6.61 Å². The third-order valence-electron chi connectivity index (χ3n) is 2.69. The Morgan fingerprint density at radius 1 is 1.33 bits per heavy atom. The van der Waals surface area contributed by atoms with Gasteiger partial charge in [0, 0.05) is 6.54 Å². The largest absolute Gasteiger partial charge is 0.445 e. The lowest BCUT2D eigenvalue weighted by Gasteiger charge is -2.12. The normalized spacial score (nSPS) is 9.67. The Morgan fingerprint density at radius 3 is 2.50 bits per heavy atom. The Bertz CT molecular complexity index is 452. The van der Waals surface area contributed by atoms with Crippen LogP contribution in [0.25, 0.3) is 0 Å². The monoisotopic (exact) mass is 246 g/mol. The second-order valence-corrected chi connectivity index (χ2v) is 4.29. The number of carbonyl (C=O) groups is 1. The van der Waals surface area contributed by atoms with Crippen LogP contribution in [0.15, 0.2) is 12.1 Å². The van der Waals surface area contributed by atoms with Crippen molar-refractivity contribution in [2.45, 2.75) is 33.8 Å². The van der Waals surface area contributed by atoms with Crippen LogP contribution in [0, 0.1) is 32.1 Å². The fourth-order valence-corrected chi connectivity index (χ4v) is 1.85. The van der Waals surface area contributed by atoms with Crippen LogP contribution >= 0.6 is 0 Å². The van der Waals surface area contributed by atoms with E-state index in [1.54, 1.807) is 0 Å². The van der Waals surface area contributed by atoms with E-state index in [-0.39, 0.29) is 13.0 Å². The molecule has 0 aliphatic carbocycles. The van der Waals surface area contributed by atoms with Gasteiger partial charge in [-0.25, -0.2) is 4.79 Å². The van der Waals surface area contributed by atoms with E-state index >= 15 is 0 Å². The van der Waals surface area contributed by atoms with E-state index in [9.17, 15) is 4.79 Å². The summed E-state index contributed by atoms with van der Waals surface area (Å²) < 4.78 is 5.12. The van der Waals surface area contributed by atoms with Crippen LogP contribution in [0.1, 0.15) is 28.7 Å². The molecule has 0 heterocycles. The van der Waals surface area contributed by atoms with E-state index in [0.717, 1.165) is 16.7 Å². The van der Waals surface area contributed by atoms with Crippen molar-refractivity contribution in [1.29, 1.82) is 5.26 Å². The van der Waals surface area contributed by atoms with Crippen LogP contribution in [0.3, 0.4) is 0 Å². The maximum atomic E-state index is 11.3. The number of ether oxygens (including phenoxy) is 1. The fourth-order valence-electron chi connectivity index (χ4n) is 1.85. The molecular weight excluding hydrogens is 228 g/mol. The first kappa shape index (κ1) is 14.0. The van der Waals surface area contributed by atoms with Crippen LogP contribution in [0.5, 0.6) is 0 Å². The molecule has 0 saturated carbocycles. The summed E-state index contributed by atoms with van der Waals surface area (Å²) in [5.41, 5.74) is 4.48. The number of amides is 1. The Kier molecular flexibility index (Phi) is 5.19. The van der Waals surface area contributed by atoms with Gasteiger partial charge in [0.25, 0.3) is 0 Å². The molecule has 18 heavy (non-hydrogen) atoms. The Hall–Kier alpha value is -2.02. The first-order valence-electron chi connectivity index (χ1n) is 5.89. The average Bonchev–Trinajstić information content (AvgIpc) is 2.27. The van der Waals surface area contributed by atoms with Gasteiger partial charge in [-0.3, -0.25) is 0 Å². The molecule has 0 atom stereocenters. The summed E-state index contributed by atoms with van der Waals surface area (Å²) in [6, 6.07) is 6.09. The summed E-state index contributed by atoms with van der Waals surface area (Å²) in [7, 11) is 0. The minimum absolute atomic E-state index is 0.260. The molecular formula is C14H18N2O2. The van der Waals surface area contributed by atoms with Crippen LogP contribution in [-0.2, 0) is 11.3 Å². The Morgan fingerprint density at radius 2 is 1.94 bits per heavy atom. The van der Waals surface area contributed by atoms with Crippen LogP contribution in [0.2, 0.25) is 0 Å². The Balaban J connectivity index is 2.54. The number of nitrogens with zero attached hydrogens (tertiary/aromatic N) is 1. The molecule has 4 nitrogen and oxygen atoms in total. The molecule has 0 fully saturated rings. The third kappa shape index (κ3) is 4.10. The van der Waals surface area contributed by atoms with Crippen molar-refractivity contribution in [2.75, 3.05) is 6.54 Å². The maximum Gasteiger partial charge on any atom is 0.407 e. The molecule has 4 heteroatoms. The van der Waals surface area contributed by atoms with Gasteiger partial charge in [-0.05, 0) is 37.5 Å². The van der Waals surface area contributed by atoms with Gasteiger partial charge >= 0.3 is 6.09 Å². The van der Waals surface area contributed by atoms with E-state index in [1.165, 1.54) is 5.56 Å². The minimum atomic E-state index is -0.482. The number of benzene rings is 1. The van der Waals surface area contributed by atoms with Crippen molar-refractivity contribution in [3.05, 3.63) is 34.4 Å². The SMILES string of the molecule is Cc1cc(C)c(COC(=O)NCCC#N)c(C)c1. The molecule has 1 aromatic rings. The second kappa shape index (κ2) is 6.65. The smallest absolute Gasteiger partial charge is 0.407 e. The zero-order chi connectivity index (χ0) is 13.5. The summed E-state index contributed by atoms with van der Waals surface area (Å²) in [6.45, 7) is 6.63. The third-order valence-corrected chi connectivity index (χ3v) is 2.69. The summed E-state index contributed by atoms with van der Waals surface area (Å²) in [5.74, 6) is 0. The highest BCUT2D eigenvalue weighted by molar-refractivity contribution is 5.67. The number of aryl methyl sites for hydroxylation is 3. The summed E-state index contributed by atoms with van der Waals surface area (Å²) in [5, 5.41) is 10.9. The lowest BCUT2D eigenvalue weighted by molar-refractivity contribution is 0.139. The number of hydrogen-bond acceptors (Lipinski definition) is 3. The molecule has 1 amide bonds.